The summed E-state index contributed by atoms with van der Waals surface area (Å²) < 4.78 is 6.04. The van der Waals surface area contributed by atoms with Gasteiger partial charge in [-0.15, -0.1) is 0 Å². The Balaban J connectivity index is 2.47. The summed E-state index contributed by atoms with van der Waals surface area (Å²) in [6, 6.07) is 3.59. The Morgan fingerprint density at radius 1 is 1.50 bits per heavy atom. The first-order valence-corrected chi connectivity index (χ1v) is 6.18. The van der Waals surface area contributed by atoms with E-state index in [0.717, 1.165) is 35.2 Å². The van der Waals surface area contributed by atoms with Crippen molar-refractivity contribution < 1.29 is 9.84 Å². The van der Waals surface area contributed by atoms with Crippen LogP contribution in [-0.2, 0) is 5.54 Å². The van der Waals surface area contributed by atoms with Gasteiger partial charge in [-0.05, 0) is 54.4 Å². The average molecular weight is 286 g/mol. The van der Waals surface area contributed by atoms with Crippen LogP contribution < -0.4 is 10.1 Å². The minimum Gasteiger partial charge on any atom is -0.508 e. The molecule has 2 N–H and O–H groups in total. The van der Waals surface area contributed by atoms with Crippen molar-refractivity contribution in [1.29, 1.82) is 0 Å². The maximum Gasteiger partial charge on any atom is 0.133 e. The lowest BCUT2D eigenvalue weighted by atomic mass is 9.89. The highest BCUT2D eigenvalue weighted by atomic mass is 79.9. The molecule has 1 atom stereocenters. The number of ether oxygens (including phenoxy) is 1. The minimum absolute atomic E-state index is 0.141. The fourth-order valence-corrected chi connectivity index (χ4v) is 2.76. The van der Waals surface area contributed by atoms with Crippen molar-refractivity contribution >= 4 is 15.9 Å². The maximum atomic E-state index is 10.0. The van der Waals surface area contributed by atoms with Gasteiger partial charge in [0, 0.05) is 11.1 Å². The van der Waals surface area contributed by atoms with Crippen LogP contribution in [0.15, 0.2) is 16.6 Å². The van der Waals surface area contributed by atoms with Crippen LogP contribution in [0, 0.1) is 0 Å². The molecular weight excluding hydrogens is 270 g/mol. The van der Waals surface area contributed by atoms with Crippen molar-refractivity contribution in [1.82, 2.24) is 5.32 Å². The zero-order valence-corrected chi connectivity index (χ0v) is 11.1. The highest BCUT2D eigenvalue weighted by molar-refractivity contribution is 9.10. The van der Waals surface area contributed by atoms with Gasteiger partial charge in [-0.25, -0.2) is 0 Å². The Labute approximate surface area is 104 Å². The van der Waals surface area contributed by atoms with Crippen LogP contribution in [0.25, 0.3) is 0 Å². The predicted octanol–water partition coefficient (Wildman–Crippen LogP) is 2.76. The Kier molecular flexibility index (Phi) is 3.13. The molecule has 16 heavy (non-hydrogen) atoms. The Bertz CT molecular complexity index is 400. The lowest BCUT2D eigenvalue weighted by molar-refractivity contribution is 0.380. The average Bonchev–Trinajstić information content (AvgIpc) is 2.66. The molecule has 0 spiro atoms. The summed E-state index contributed by atoms with van der Waals surface area (Å²) in [5.41, 5.74) is 0.767. The molecule has 2 rings (SSSR count). The van der Waals surface area contributed by atoms with Gasteiger partial charge >= 0.3 is 0 Å². The van der Waals surface area contributed by atoms with Gasteiger partial charge in [0.2, 0.25) is 0 Å². The van der Waals surface area contributed by atoms with Crippen molar-refractivity contribution in [3.05, 3.63) is 22.2 Å². The van der Waals surface area contributed by atoms with Gasteiger partial charge in [0.1, 0.15) is 11.5 Å². The third-order valence-electron chi connectivity index (χ3n) is 3.23. The zero-order chi connectivity index (χ0) is 11.8. The number of phenolic OH excluding ortho intramolecular Hbond substituents is 1. The van der Waals surface area contributed by atoms with Gasteiger partial charge in [-0.3, -0.25) is 0 Å². The summed E-state index contributed by atoms with van der Waals surface area (Å²) in [5, 5.41) is 13.4. The molecule has 1 unspecified atom stereocenters. The van der Waals surface area contributed by atoms with E-state index in [4.69, 9.17) is 4.74 Å². The van der Waals surface area contributed by atoms with E-state index in [2.05, 4.69) is 28.2 Å². The quantitative estimate of drug-likeness (QED) is 0.878. The third-order valence-corrected chi connectivity index (χ3v) is 3.85. The van der Waals surface area contributed by atoms with E-state index in [1.807, 2.05) is 6.07 Å². The second-order valence-electron chi connectivity index (χ2n) is 4.37. The topological polar surface area (TPSA) is 41.5 Å². The molecule has 0 aliphatic carbocycles. The van der Waals surface area contributed by atoms with Crippen molar-refractivity contribution in [2.75, 3.05) is 13.7 Å². The fraction of sp³-hybridized carbons (Fsp3) is 0.500. The van der Waals surface area contributed by atoms with E-state index >= 15 is 0 Å². The molecule has 0 aromatic heterocycles. The third kappa shape index (κ3) is 1.92. The molecule has 4 heteroatoms. The molecule has 88 valence electrons. The summed E-state index contributed by atoms with van der Waals surface area (Å²) in [7, 11) is 1.63. The van der Waals surface area contributed by atoms with Crippen molar-refractivity contribution in [2.24, 2.45) is 0 Å². The first-order chi connectivity index (χ1) is 7.57. The zero-order valence-electron chi connectivity index (χ0n) is 9.51. The molecule has 1 aliphatic rings. The SMILES string of the molecule is COc1cc(C2(C)CCCN2)c(O)cc1Br. The van der Waals surface area contributed by atoms with Crippen LogP contribution in [0.1, 0.15) is 25.3 Å². The lowest BCUT2D eigenvalue weighted by Gasteiger charge is -2.26. The molecule has 0 bridgehead atoms. The predicted molar refractivity (Wildman–Crippen MR) is 66.9 cm³/mol. The summed E-state index contributed by atoms with van der Waals surface area (Å²) in [6.07, 6.45) is 2.17. The van der Waals surface area contributed by atoms with Gasteiger partial charge in [-0.1, -0.05) is 0 Å². The van der Waals surface area contributed by atoms with Gasteiger partial charge in [0.15, 0.2) is 0 Å². The van der Waals surface area contributed by atoms with Gasteiger partial charge < -0.3 is 15.2 Å². The first-order valence-electron chi connectivity index (χ1n) is 5.39. The monoisotopic (exact) mass is 285 g/mol. The second kappa shape index (κ2) is 4.26. The normalized spacial score (nSPS) is 24.7. The van der Waals surface area contributed by atoms with Crippen molar-refractivity contribution in [3.8, 4) is 11.5 Å². The highest BCUT2D eigenvalue weighted by Gasteiger charge is 2.33. The van der Waals surface area contributed by atoms with E-state index in [9.17, 15) is 5.11 Å². The molecule has 1 fully saturated rings. The molecule has 1 aliphatic heterocycles. The number of aromatic hydroxyl groups is 1. The maximum absolute atomic E-state index is 10.0. The molecule has 0 amide bonds. The first kappa shape index (κ1) is 11.7. The van der Waals surface area contributed by atoms with Crippen molar-refractivity contribution in [2.45, 2.75) is 25.3 Å². The number of benzene rings is 1. The molecule has 1 heterocycles. The summed E-state index contributed by atoms with van der Waals surface area (Å²) in [5.74, 6) is 1.06. The number of hydrogen-bond acceptors (Lipinski definition) is 3. The molecule has 0 radical (unpaired) electrons. The Morgan fingerprint density at radius 2 is 2.25 bits per heavy atom. The van der Waals surface area contributed by atoms with E-state index in [0.29, 0.717) is 5.75 Å². The Hall–Kier alpha value is -0.740. The number of hydrogen-bond donors (Lipinski definition) is 2. The van der Waals surface area contributed by atoms with Crippen LogP contribution in [-0.4, -0.2) is 18.8 Å². The summed E-state index contributed by atoms with van der Waals surface area (Å²) in [6.45, 7) is 3.11. The fourth-order valence-electron chi connectivity index (χ4n) is 2.27. The smallest absolute Gasteiger partial charge is 0.133 e. The van der Waals surface area contributed by atoms with E-state index in [-0.39, 0.29) is 5.54 Å². The number of phenols is 1. The van der Waals surface area contributed by atoms with Crippen LogP contribution in [0.4, 0.5) is 0 Å². The Morgan fingerprint density at radius 3 is 2.81 bits per heavy atom. The standard InChI is InChI=1S/C12H16BrNO2/c1-12(4-3-5-14-12)8-6-11(16-2)9(13)7-10(8)15/h6-7,14-15H,3-5H2,1-2H3. The van der Waals surface area contributed by atoms with Crippen molar-refractivity contribution in [3.63, 3.8) is 0 Å². The molecule has 0 saturated carbocycles. The van der Waals surface area contributed by atoms with E-state index in [1.54, 1.807) is 13.2 Å². The van der Waals surface area contributed by atoms with E-state index in [1.165, 1.54) is 0 Å². The number of methoxy groups -OCH3 is 1. The van der Waals surface area contributed by atoms with E-state index < -0.39 is 0 Å². The summed E-state index contributed by atoms with van der Waals surface area (Å²) in [4.78, 5) is 0. The number of nitrogens with one attached hydrogen (secondary N) is 1. The minimum atomic E-state index is -0.141. The second-order valence-corrected chi connectivity index (χ2v) is 5.22. The van der Waals surface area contributed by atoms with Gasteiger partial charge in [0.25, 0.3) is 0 Å². The molecular formula is C12H16BrNO2. The van der Waals surface area contributed by atoms with Crippen LogP contribution in [0.5, 0.6) is 11.5 Å². The van der Waals surface area contributed by atoms with Gasteiger partial charge in [0.05, 0.1) is 11.6 Å². The molecule has 3 nitrogen and oxygen atoms in total. The molecule has 1 aromatic rings. The molecule has 1 saturated heterocycles. The number of rotatable bonds is 2. The lowest BCUT2D eigenvalue weighted by Crippen LogP contribution is -2.33. The van der Waals surface area contributed by atoms with Gasteiger partial charge in [-0.2, -0.15) is 0 Å². The largest absolute Gasteiger partial charge is 0.508 e. The molecule has 1 aromatic carbocycles. The van der Waals surface area contributed by atoms with Crippen LogP contribution in [0.3, 0.4) is 0 Å². The van der Waals surface area contributed by atoms with Crippen LogP contribution >= 0.6 is 15.9 Å². The number of halogens is 1. The van der Waals surface area contributed by atoms with Crippen LogP contribution in [0.2, 0.25) is 0 Å². The summed E-state index contributed by atoms with van der Waals surface area (Å²) >= 11 is 3.36. The highest BCUT2D eigenvalue weighted by Crippen LogP contribution is 2.40.